The maximum atomic E-state index is 12.3. The molecular formula is C18H16Cl2N4O2S. The Balaban J connectivity index is 1.73. The Labute approximate surface area is 170 Å². The molecule has 0 fully saturated rings. The van der Waals surface area contributed by atoms with Crippen LogP contribution in [0.15, 0.2) is 47.6 Å². The number of hydrogen-bond acceptors (Lipinski definition) is 5. The molecule has 9 heteroatoms. The highest BCUT2D eigenvalue weighted by atomic mass is 35.5. The Morgan fingerprint density at radius 3 is 2.52 bits per heavy atom. The van der Waals surface area contributed by atoms with Crippen molar-refractivity contribution in [2.24, 2.45) is 0 Å². The topological polar surface area (TPSA) is 80.0 Å². The summed E-state index contributed by atoms with van der Waals surface area (Å²) in [6.45, 7) is 2.54. The van der Waals surface area contributed by atoms with E-state index in [9.17, 15) is 9.90 Å². The Morgan fingerprint density at radius 2 is 1.85 bits per heavy atom. The van der Waals surface area contributed by atoms with Crippen LogP contribution in [0.25, 0.3) is 11.4 Å². The normalized spacial score (nSPS) is 10.8. The van der Waals surface area contributed by atoms with Gasteiger partial charge in [0, 0.05) is 6.54 Å². The van der Waals surface area contributed by atoms with Gasteiger partial charge in [-0.05, 0) is 31.2 Å². The van der Waals surface area contributed by atoms with Crippen molar-refractivity contribution in [2.75, 3.05) is 11.1 Å². The fourth-order valence-electron chi connectivity index (χ4n) is 2.47. The molecule has 0 radical (unpaired) electrons. The molecule has 140 valence electrons. The van der Waals surface area contributed by atoms with Gasteiger partial charge in [-0.3, -0.25) is 4.79 Å². The number of aromatic nitrogens is 3. The van der Waals surface area contributed by atoms with Crippen LogP contribution in [0.1, 0.15) is 6.92 Å². The standard InChI is InChI=1S/C18H16Cl2N4O2S/c1-2-24-17(11-6-3-4-9-14(11)25)22-23-18(24)27-10-15(26)21-16-12(19)7-5-8-13(16)20/h3-9,25H,2,10H2,1H3,(H,21,26). The Kier molecular flexibility index (Phi) is 6.26. The number of rotatable bonds is 6. The van der Waals surface area contributed by atoms with E-state index in [0.717, 1.165) is 0 Å². The van der Waals surface area contributed by atoms with Crippen molar-refractivity contribution in [2.45, 2.75) is 18.6 Å². The summed E-state index contributed by atoms with van der Waals surface area (Å²) in [7, 11) is 0. The highest BCUT2D eigenvalue weighted by molar-refractivity contribution is 7.99. The lowest BCUT2D eigenvalue weighted by atomic mass is 10.2. The highest BCUT2D eigenvalue weighted by Crippen LogP contribution is 2.31. The third-order valence-electron chi connectivity index (χ3n) is 3.74. The number of carbonyl (C=O) groups excluding carboxylic acids is 1. The minimum absolute atomic E-state index is 0.112. The fraction of sp³-hybridized carbons (Fsp3) is 0.167. The third-order valence-corrected chi connectivity index (χ3v) is 5.33. The number of benzene rings is 2. The van der Waals surface area contributed by atoms with Gasteiger partial charge in [0.05, 0.1) is 27.0 Å². The molecule has 0 atom stereocenters. The zero-order valence-electron chi connectivity index (χ0n) is 14.3. The number of phenolic OH excluding ortho intramolecular Hbond substituents is 1. The first kappa shape index (κ1) is 19.5. The zero-order valence-corrected chi connectivity index (χ0v) is 16.6. The number of nitrogens with zero attached hydrogens (tertiary/aromatic N) is 3. The van der Waals surface area contributed by atoms with E-state index in [4.69, 9.17) is 23.2 Å². The van der Waals surface area contributed by atoms with Gasteiger partial charge in [0.25, 0.3) is 0 Å². The van der Waals surface area contributed by atoms with Gasteiger partial charge in [-0.1, -0.05) is 53.2 Å². The molecule has 0 aliphatic carbocycles. The Hall–Kier alpha value is -2.22. The summed E-state index contributed by atoms with van der Waals surface area (Å²) in [6.07, 6.45) is 0. The predicted molar refractivity (Wildman–Crippen MR) is 109 cm³/mol. The minimum atomic E-state index is -0.259. The lowest BCUT2D eigenvalue weighted by Gasteiger charge is -2.10. The van der Waals surface area contributed by atoms with Gasteiger partial charge in [-0.2, -0.15) is 0 Å². The molecule has 3 aromatic rings. The Morgan fingerprint density at radius 1 is 1.15 bits per heavy atom. The van der Waals surface area contributed by atoms with Crippen LogP contribution >= 0.6 is 35.0 Å². The summed E-state index contributed by atoms with van der Waals surface area (Å²) in [5, 5.41) is 22.4. The van der Waals surface area contributed by atoms with Crippen molar-refractivity contribution in [1.82, 2.24) is 14.8 Å². The molecule has 0 saturated carbocycles. The van der Waals surface area contributed by atoms with Crippen LogP contribution < -0.4 is 5.32 Å². The molecule has 2 aromatic carbocycles. The number of hydrogen-bond donors (Lipinski definition) is 2. The number of para-hydroxylation sites is 2. The van der Waals surface area contributed by atoms with Crippen LogP contribution in [0.2, 0.25) is 10.0 Å². The smallest absolute Gasteiger partial charge is 0.234 e. The van der Waals surface area contributed by atoms with Crippen LogP contribution in [-0.4, -0.2) is 31.5 Å². The third kappa shape index (κ3) is 4.37. The molecule has 0 spiro atoms. The molecule has 1 heterocycles. The first-order valence-corrected chi connectivity index (χ1v) is 9.83. The summed E-state index contributed by atoms with van der Waals surface area (Å²) >= 11 is 13.4. The van der Waals surface area contributed by atoms with Crippen LogP contribution in [0.3, 0.4) is 0 Å². The summed E-state index contributed by atoms with van der Waals surface area (Å²) in [4.78, 5) is 12.3. The molecular weight excluding hydrogens is 407 g/mol. The largest absolute Gasteiger partial charge is 0.507 e. The van der Waals surface area contributed by atoms with Crippen molar-refractivity contribution in [3.05, 3.63) is 52.5 Å². The molecule has 1 aromatic heterocycles. The number of aromatic hydroxyl groups is 1. The molecule has 0 unspecified atom stereocenters. The fourth-order valence-corrected chi connectivity index (χ4v) is 3.76. The van der Waals surface area contributed by atoms with E-state index in [0.29, 0.717) is 38.8 Å². The van der Waals surface area contributed by atoms with Gasteiger partial charge >= 0.3 is 0 Å². The second-order valence-electron chi connectivity index (χ2n) is 5.50. The lowest BCUT2D eigenvalue weighted by Crippen LogP contribution is -2.15. The van der Waals surface area contributed by atoms with E-state index >= 15 is 0 Å². The summed E-state index contributed by atoms with van der Waals surface area (Å²) in [5.74, 6) is 0.528. The number of halogens is 2. The molecule has 3 rings (SSSR count). The van der Waals surface area contributed by atoms with E-state index < -0.39 is 0 Å². The van der Waals surface area contributed by atoms with Crippen molar-refractivity contribution in [3.63, 3.8) is 0 Å². The number of phenols is 1. The predicted octanol–water partition coefficient (Wildman–Crippen LogP) is 4.71. The van der Waals surface area contributed by atoms with E-state index in [1.165, 1.54) is 11.8 Å². The van der Waals surface area contributed by atoms with Crippen LogP contribution in [0.5, 0.6) is 5.75 Å². The summed E-state index contributed by atoms with van der Waals surface area (Å²) < 4.78 is 1.84. The van der Waals surface area contributed by atoms with Gasteiger partial charge in [-0.15, -0.1) is 10.2 Å². The van der Waals surface area contributed by atoms with Gasteiger partial charge < -0.3 is 15.0 Å². The monoisotopic (exact) mass is 422 g/mol. The van der Waals surface area contributed by atoms with Crippen LogP contribution in [0.4, 0.5) is 5.69 Å². The van der Waals surface area contributed by atoms with E-state index in [1.807, 2.05) is 17.6 Å². The number of thioether (sulfide) groups is 1. The van der Waals surface area contributed by atoms with Crippen LogP contribution in [-0.2, 0) is 11.3 Å². The maximum Gasteiger partial charge on any atom is 0.234 e. The van der Waals surface area contributed by atoms with E-state index in [2.05, 4.69) is 15.5 Å². The molecule has 0 aliphatic rings. The summed E-state index contributed by atoms with van der Waals surface area (Å²) in [5.41, 5.74) is 0.976. The number of carbonyl (C=O) groups is 1. The number of amides is 1. The highest BCUT2D eigenvalue weighted by Gasteiger charge is 2.17. The maximum absolute atomic E-state index is 12.3. The molecule has 0 aliphatic heterocycles. The molecule has 6 nitrogen and oxygen atoms in total. The van der Waals surface area contributed by atoms with Crippen molar-refractivity contribution in [1.29, 1.82) is 0 Å². The minimum Gasteiger partial charge on any atom is -0.507 e. The van der Waals surface area contributed by atoms with E-state index in [-0.39, 0.29) is 17.4 Å². The average Bonchev–Trinajstić information content (AvgIpc) is 3.06. The van der Waals surface area contributed by atoms with Crippen molar-refractivity contribution >= 4 is 46.6 Å². The average molecular weight is 423 g/mol. The van der Waals surface area contributed by atoms with Gasteiger partial charge in [0.15, 0.2) is 11.0 Å². The first-order valence-electron chi connectivity index (χ1n) is 8.09. The van der Waals surface area contributed by atoms with Crippen molar-refractivity contribution < 1.29 is 9.90 Å². The summed E-state index contributed by atoms with van der Waals surface area (Å²) in [6, 6.07) is 11.9. The number of nitrogens with one attached hydrogen (secondary N) is 1. The SMILES string of the molecule is CCn1c(SCC(=O)Nc2c(Cl)cccc2Cl)nnc1-c1ccccc1O. The van der Waals surface area contributed by atoms with Gasteiger partial charge in [0.2, 0.25) is 5.91 Å². The van der Waals surface area contributed by atoms with E-state index in [1.54, 1.807) is 36.4 Å². The molecule has 0 bridgehead atoms. The van der Waals surface area contributed by atoms with Gasteiger partial charge in [0.1, 0.15) is 5.75 Å². The molecule has 0 saturated heterocycles. The second kappa shape index (κ2) is 8.65. The quantitative estimate of drug-likeness (QED) is 0.562. The lowest BCUT2D eigenvalue weighted by molar-refractivity contribution is -0.113. The molecule has 27 heavy (non-hydrogen) atoms. The second-order valence-corrected chi connectivity index (χ2v) is 7.26. The van der Waals surface area contributed by atoms with Crippen molar-refractivity contribution in [3.8, 4) is 17.1 Å². The Bertz CT molecular complexity index is 957. The van der Waals surface area contributed by atoms with Gasteiger partial charge in [-0.25, -0.2) is 0 Å². The molecule has 1 amide bonds. The zero-order chi connectivity index (χ0) is 19.4. The van der Waals surface area contributed by atoms with Crippen LogP contribution in [0, 0.1) is 0 Å². The first-order chi connectivity index (χ1) is 13.0. The molecule has 2 N–H and O–H groups in total. The number of anilines is 1.